The molecule has 0 radical (unpaired) electrons. The highest BCUT2D eigenvalue weighted by molar-refractivity contribution is 7.92. The molecule has 0 aliphatic rings. The quantitative estimate of drug-likeness (QED) is 0.533. The van der Waals surface area contributed by atoms with E-state index in [-0.39, 0.29) is 11.3 Å². The van der Waals surface area contributed by atoms with E-state index in [1.54, 1.807) is 31.3 Å². The van der Waals surface area contributed by atoms with Crippen LogP contribution in [-0.2, 0) is 10.0 Å². The van der Waals surface area contributed by atoms with Crippen molar-refractivity contribution in [1.29, 1.82) is 0 Å². The summed E-state index contributed by atoms with van der Waals surface area (Å²) in [5.41, 5.74) is 3.55. The van der Waals surface area contributed by atoms with E-state index in [0.29, 0.717) is 28.2 Å². The van der Waals surface area contributed by atoms with Gasteiger partial charge in [-0.05, 0) is 43.7 Å². The Hall–Kier alpha value is -3.52. The second-order valence-corrected chi connectivity index (χ2v) is 8.88. The zero-order valence-corrected chi connectivity index (χ0v) is 17.3. The molecule has 0 bridgehead atoms. The van der Waals surface area contributed by atoms with Gasteiger partial charge in [-0.3, -0.25) is 14.5 Å². The third kappa shape index (κ3) is 3.95. The lowest BCUT2D eigenvalue weighted by atomic mass is 10.0. The Bertz CT molecular complexity index is 1410. The highest BCUT2D eigenvalue weighted by atomic mass is 32.2. The van der Waals surface area contributed by atoms with Crippen molar-refractivity contribution in [2.75, 3.05) is 10.5 Å². The van der Waals surface area contributed by atoms with Crippen LogP contribution in [0.15, 0.2) is 71.7 Å². The van der Waals surface area contributed by atoms with Gasteiger partial charge in [0.1, 0.15) is 0 Å². The first-order valence-electron chi connectivity index (χ1n) is 9.43. The van der Waals surface area contributed by atoms with Gasteiger partial charge in [-0.1, -0.05) is 30.3 Å². The summed E-state index contributed by atoms with van der Waals surface area (Å²) in [5, 5.41) is 5.39. The van der Waals surface area contributed by atoms with Gasteiger partial charge in [0.25, 0.3) is 5.56 Å². The minimum atomic E-state index is -3.39. The number of nitrogens with one attached hydrogen (secondary N) is 1. The highest BCUT2D eigenvalue weighted by Gasteiger charge is 2.12. The molecular formula is C22H20N4O3S. The Labute approximate surface area is 174 Å². The number of aromatic nitrogens is 3. The van der Waals surface area contributed by atoms with E-state index in [1.807, 2.05) is 43.3 Å². The Kier molecular flexibility index (Phi) is 5.09. The summed E-state index contributed by atoms with van der Waals surface area (Å²) in [4.78, 5) is 17.2. The minimum Gasteiger partial charge on any atom is -0.284 e. The van der Waals surface area contributed by atoms with E-state index in [0.717, 1.165) is 10.9 Å². The number of rotatable bonds is 5. The maximum absolute atomic E-state index is 12.8. The molecule has 0 spiro atoms. The van der Waals surface area contributed by atoms with Crippen LogP contribution in [-0.4, -0.2) is 28.9 Å². The number of hydrogen-bond donors (Lipinski definition) is 1. The molecule has 0 fully saturated rings. The fraction of sp³-hybridized carbons (Fsp3) is 0.136. The summed E-state index contributed by atoms with van der Waals surface area (Å²) in [7, 11) is -3.39. The largest absolute Gasteiger partial charge is 0.284 e. The molecule has 4 aromatic rings. The average Bonchev–Trinajstić information content (AvgIpc) is 2.74. The standard InChI is InChI=1S/C22H20N4O3S/c1-3-30(28,29)25-18-9-6-8-16(11-18)20-13-22(27)26(24-15(20)2)19-12-17-7-4-5-10-21(17)23-14-19/h4-14,25H,3H2,1-2H3. The molecule has 7 nitrogen and oxygen atoms in total. The average molecular weight is 420 g/mol. The van der Waals surface area contributed by atoms with Crippen LogP contribution < -0.4 is 10.3 Å². The fourth-order valence-electron chi connectivity index (χ4n) is 3.20. The number of hydrogen-bond acceptors (Lipinski definition) is 5. The number of sulfonamides is 1. The van der Waals surface area contributed by atoms with Gasteiger partial charge in [0.2, 0.25) is 10.0 Å². The number of benzene rings is 2. The van der Waals surface area contributed by atoms with E-state index >= 15 is 0 Å². The summed E-state index contributed by atoms with van der Waals surface area (Å²) in [6.45, 7) is 3.38. The summed E-state index contributed by atoms with van der Waals surface area (Å²) in [5.74, 6) is -0.0202. The lowest BCUT2D eigenvalue weighted by molar-refractivity contribution is 0.602. The van der Waals surface area contributed by atoms with E-state index in [1.165, 1.54) is 10.7 Å². The van der Waals surface area contributed by atoms with Crippen LogP contribution in [0.25, 0.3) is 27.7 Å². The first-order valence-corrected chi connectivity index (χ1v) is 11.1. The molecule has 8 heteroatoms. The van der Waals surface area contributed by atoms with Crippen LogP contribution >= 0.6 is 0 Å². The first kappa shape index (κ1) is 19.8. The molecule has 0 amide bonds. The number of nitrogens with zero attached hydrogens (tertiary/aromatic N) is 3. The Balaban J connectivity index is 1.75. The van der Waals surface area contributed by atoms with Crippen LogP contribution in [0.3, 0.4) is 0 Å². The Morgan fingerprint density at radius 1 is 1.03 bits per heavy atom. The van der Waals surface area contributed by atoms with Crippen LogP contribution in [0.2, 0.25) is 0 Å². The van der Waals surface area contributed by atoms with Crippen LogP contribution in [0.5, 0.6) is 0 Å². The molecule has 30 heavy (non-hydrogen) atoms. The molecule has 4 rings (SSSR count). The van der Waals surface area contributed by atoms with E-state index < -0.39 is 10.0 Å². The van der Waals surface area contributed by atoms with Crippen molar-refractivity contribution in [2.45, 2.75) is 13.8 Å². The topological polar surface area (TPSA) is 94.0 Å². The number of fused-ring (bicyclic) bond motifs is 1. The van der Waals surface area contributed by atoms with Crippen LogP contribution in [0.4, 0.5) is 5.69 Å². The molecule has 2 aromatic carbocycles. The monoisotopic (exact) mass is 420 g/mol. The van der Waals surface area contributed by atoms with E-state index in [9.17, 15) is 13.2 Å². The van der Waals surface area contributed by atoms with Crippen molar-refractivity contribution in [3.8, 4) is 16.8 Å². The molecule has 0 unspecified atom stereocenters. The number of para-hydroxylation sites is 1. The molecule has 0 saturated carbocycles. The van der Waals surface area contributed by atoms with Crippen molar-refractivity contribution < 1.29 is 8.42 Å². The third-order valence-corrected chi connectivity index (χ3v) is 6.07. The Morgan fingerprint density at radius 2 is 1.83 bits per heavy atom. The Morgan fingerprint density at radius 3 is 2.63 bits per heavy atom. The van der Waals surface area contributed by atoms with Gasteiger partial charge >= 0.3 is 0 Å². The SMILES string of the molecule is CCS(=O)(=O)Nc1cccc(-c2cc(=O)n(-c3cnc4ccccc4c3)nc2C)c1. The summed E-state index contributed by atoms with van der Waals surface area (Å²) in [6.07, 6.45) is 1.62. The van der Waals surface area contributed by atoms with Crippen LogP contribution in [0, 0.1) is 6.92 Å². The summed E-state index contributed by atoms with van der Waals surface area (Å²) < 4.78 is 27.5. The van der Waals surface area contributed by atoms with Gasteiger partial charge in [0, 0.05) is 22.7 Å². The lowest BCUT2D eigenvalue weighted by Crippen LogP contribution is -2.22. The third-order valence-electron chi connectivity index (χ3n) is 4.76. The van der Waals surface area contributed by atoms with Gasteiger partial charge < -0.3 is 0 Å². The smallest absolute Gasteiger partial charge is 0.272 e. The summed E-state index contributed by atoms with van der Waals surface area (Å²) >= 11 is 0. The van der Waals surface area contributed by atoms with Gasteiger partial charge in [0.15, 0.2) is 0 Å². The van der Waals surface area contributed by atoms with E-state index in [2.05, 4.69) is 14.8 Å². The normalized spacial score (nSPS) is 11.5. The van der Waals surface area contributed by atoms with Crippen molar-refractivity contribution >= 4 is 26.6 Å². The number of aryl methyl sites for hydroxylation is 1. The molecule has 0 aliphatic carbocycles. The van der Waals surface area contributed by atoms with Crippen molar-refractivity contribution in [3.05, 3.63) is 82.9 Å². The second-order valence-electron chi connectivity index (χ2n) is 6.87. The zero-order valence-electron chi connectivity index (χ0n) is 16.5. The predicted octanol–water partition coefficient (Wildman–Crippen LogP) is 3.52. The second kappa shape index (κ2) is 7.72. The highest BCUT2D eigenvalue weighted by Crippen LogP contribution is 2.25. The van der Waals surface area contributed by atoms with Crippen molar-refractivity contribution in [1.82, 2.24) is 14.8 Å². The maximum atomic E-state index is 12.8. The molecule has 0 atom stereocenters. The van der Waals surface area contributed by atoms with E-state index in [4.69, 9.17) is 0 Å². The van der Waals surface area contributed by atoms with Crippen LogP contribution in [0.1, 0.15) is 12.6 Å². The van der Waals surface area contributed by atoms with Crippen molar-refractivity contribution in [3.63, 3.8) is 0 Å². The van der Waals surface area contributed by atoms with Crippen molar-refractivity contribution in [2.24, 2.45) is 0 Å². The molecule has 2 aromatic heterocycles. The van der Waals surface area contributed by atoms with Gasteiger partial charge in [0.05, 0.1) is 28.8 Å². The predicted molar refractivity (Wildman–Crippen MR) is 118 cm³/mol. The fourth-order valence-corrected chi connectivity index (χ4v) is 3.83. The summed E-state index contributed by atoms with van der Waals surface area (Å²) in [6, 6.07) is 18.0. The molecule has 2 heterocycles. The first-order chi connectivity index (χ1) is 14.4. The number of anilines is 1. The maximum Gasteiger partial charge on any atom is 0.272 e. The molecular weight excluding hydrogens is 400 g/mol. The van der Waals surface area contributed by atoms with Gasteiger partial charge in [-0.2, -0.15) is 9.78 Å². The zero-order chi connectivity index (χ0) is 21.3. The van der Waals surface area contributed by atoms with Gasteiger partial charge in [-0.25, -0.2) is 8.42 Å². The van der Waals surface area contributed by atoms with Gasteiger partial charge in [-0.15, -0.1) is 0 Å². The lowest BCUT2D eigenvalue weighted by Gasteiger charge is -2.12. The molecule has 0 saturated heterocycles. The molecule has 0 aliphatic heterocycles. The minimum absolute atomic E-state index is 0.0202. The molecule has 1 N–H and O–H groups in total. The number of pyridine rings is 1. The molecule has 152 valence electrons.